The van der Waals surface area contributed by atoms with Crippen LogP contribution in [0.2, 0.25) is 0 Å². The largest absolute Gasteiger partial charge is 0.478 e. The standard InChI is InChI=1S/C14H12F2N2O2/c1-2-20-12-7-6-9(8-17-12)14(19)18-11-5-3-4-10(15)13(11)16/h3-8H,2H2,1H3,(H,18,19). The van der Waals surface area contributed by atoms with Crippen molar-refractivity contribution in [1.29, 1.82) is 0 Å². The molecule has 0 atom stereocenters. The summed E-state index contributed by atoms with van der Waals surface area (Å²) in [6.07, 6.45) is 1.30. The number of amides is 1. The molecule has 104 valence electrons. The number of anilines is 1. The molecule has 0 aliphatic rings. The number of aromatic nitrogens is 1. The second kappa shape index (κ2) is 6.10. The number of hydrogen-bond donors (Lipinski definition) is 1. The summed E-state index contributed by atoms with van der Waals surface area (Å²) in [7, 11) is 0. The van der Waals surface area contributed by atoms with Gasteiger partial charge in [-0.25, -0.2) is 13.8 Å². The Morgan fingerprint density at radius 1 is 1.30 bits per heavy atom. The molecule has 1 N–H and O–H groups in total. The third kappa shape index (κ3) is 3.09. The lowest BCUT2D eigenvalue weighted by atomic mass is 10.2. The van der Waals surface area contributed by atoms with E-state index >= 15 is 0 Å². The van der Waals surface area contributed by atoms with E-state index in [1.807, 2.05) is 6.92 Å². The highest BCUT2D eigenvalue weighted by Gasteiger charge is 2.12. The molecule has 0 fully saturated rings. The van der Waals surface area contributed by atoms with Gasteiger partial charge in [0.25, 0.3) is 5.91 Å². The van der Waals surface area contributed by atoms with Crippen molar-refractivity contribution < 1.29 is 18.3 Å². The zero-order chi connectivity index (χ0) is 14.5. The smallest absolute Gasteiger partial charge is 0.257 e. The van der Waals surface area contributed by atoms with Crippen molar-refractivity contribution in [3.8, 4) is 5.88 Å². The predicted octanol–water partition coefficient (Wildman–Crippen LogP) is 3.01. The van der Waals surface area contributed by atoms with E-state index in [0.717, 1.165) is 6.07 Å². The van der Waals surface area contributed by atoms with E-state index in [9.17, 15) is 13.6 Å². The van der Waals surface area contributed by atoms with Crippen LogP contribution in [-0.4, -0.2) is 17.5 Å². The predicted molar refractivity (Wildman–Crippen MR) is 69.7 cm³/mol. The van der Waals surface area contributed by atoms with E-state index in [0.29, 0.717) is 12.5 Å². The van der Waals surface area contributed by atoms with Crippen LogP contribution in [0.5, 0.6) is 5.88 Å². The first-order valence-electron chi connectivity index (χ1n) is 5.96. The zero-order valence-corrected chi connectivity index (χ0v) is 10.7. The summed E-state index contributed by atoms with van der Waals surface area (Å²) in [6, 6.07) is 6.58. The van der Waals surface area contributed by atoms with Crippen molar-refractivity contribution in [3.63, 3.8) is 0 Å². The summed E-state index contributed by atoms with van der Waals surface area (Å²) in [5, 5.41) is 2.28. The van der Waals surface area contributed by atoms with Crippen molar-refractivity contribution in [2.24, 2.45) is 0 Å². The minimum absolute atomic E-state index is 0.219. The van der Waals surface area contributed by atoms with Gasteiger partial charge >= 0.3 is 0 Å². The maximum atomic E-state index is 13.4. The van der Waals surface area contributed by atoms with Gasteiger partial charge in [0.1, 0.15) is 0 Å². The van der Waals surface area contributed by atoms with Crippen molar-refractivity contribution in [2.45, 2.75) is 6.92 Å². The quantitative estimate of drug-likeness (QED) is 0.935. The fourth-order valence-corrected chi connectivity index (χ4v) is 1.54. The second-order valence-corrected chi connectivity index (χ2v) is 3.87. The lowest BCUT2D eigenvalue weighted by Crippen LogP contribution is -2.13. The summed E-state index contributed by atoms with van der Waals surface area (Å²) < 4.78 is 31.6. The van der Waals surface area contributed by atoms with Gasteiger partial charge in [-0.15, -0.1) is 0 Å². The molecule has 6 heteroatoms. The van der Waals surface area contributed by atoms with Crippen LogP contribution in [0.3, 0.4) is 0 Å². The van der Waals surface area contributed by atoms with Gasteiger partial charge in [-0.1, -0.05) is 6.07 Å². The lowest BCUT2D eigenvalue weighted by molar-refractivity contribution is 0.102. The Morgan fingerprint density at radius 3 is 2.75 bits per heavy atom. The Labute approximate surface area is 114 Å². The van der Waals surface area contributed by atoms with Gasteiger partial charge in [-0.3, -0.25) is 4.79 Å². The molecule has 2 rings (SSSR count). The fourth-order valence-electron chi connectivity index (χ4n) is 1.54. The highest BCUT2D eigenvalue weighted by Crippen LogP contribution is 2.17. The van der Waals surface area contributed by atoms with E-state index in [2.05, 4.69) is 10.3 Å². The van der Waals surface area contributed by atoms with Crippen molar-refractivity contribution in [3.05, 3.63) is 53.7 Å². The van der Waals surface area contributed by atoms with E-state index in [1.54, 1.807) is 0 Å². The van der Waals surface area contributed by atoms with Gasteiger partial charge in [0.15, 0.2) is 11.6 Å². The maximum Gasteiger partial charge on any atom is 0.257 e. The average molecular weight is 278 g/mol. The van der Waals surface area contributed by atoms with Gasteiger partial charge in [-0.2, -0.15) is 0 Å². The molecule has 2 aromatic rings. The van der Waals surface area contributed by atoms with Crippen LogP contribution in [0.1, 0.15) is 17.3 Å². The number of ether oxygens (including phenoxy) is 1. The molecule has 0 saturated carbocycles. The van der Waals surface area contributed by atoms with Crippen LogP contribution in [-0.2, 0) is 0 Å². The number of nitrogens with one attached hydrogen (secondary N) is 1. The zero-order valence-electron chi connectivity index (χ0n) is 10.7. The van der Waals surface area contributed by atoms with Crippen LogP contribution < -0.4 is 10.1 Å². The molecule has 0 bridgehead atoms. The Hall–Kier alpha value is -2.50. The third-order valence-corrected chi connectivity index (χ3v) is 2.49. The minimum Gasteiger partial charge on any atom is -0.478 e. The Bertz CT molecular complexity index is 615. The number of hydrogen-bond acceptors (Lipinski definition) is 3. The molecule has 0 aliphatic carbocycles. The molecule has 1 amide bonds. The van der Waals surface area contributed by atoms with Crippen LogP contribution >= 0.6 is 0 Å². The third-order valence-electron chi connectivity index (χ3n) is 2.49. The van der Waals surface area contributed by atoms with Gasteiger partial charge in [0.05, 0.1) is 17.9 Å². The number of halogens is 2. The Kier molecular flexibility index (Phi) is 4.24. The van der Waals surface area contributed by atoms with Gasteiger partial charge < -0.3 is 10.1 Å². The van der Waals surface area contributed by atoms with E-state index < -0.39 is 17.5 Å². The SMILES string of the molecule is CCOc1ccc(C(=O)Nc2cccc(F)c2F)cn1. The highest BCUT2D eigenvalue weighted by molar-refractivity contribution is 6.04. The molecule has 0 unspecified atom stereocenters. The first kappa shape index (κ1) is 13.9. The monoisotopic (exact) mass is 278 g/mol. The summed E-state index contributed by atoms with van der Waals surface area (Å²) in [5.41, 5.74) is 0.000925. The van der Waals surface area contributed by atoms with Crippen LogP contribution in [0, 0.1) is 11.6 Å². The second-order valence-electron chi connectivity index (χ2n) is 3.87. The van der Waals surface area contributed by atoms with Crippen molar-refractivity contribution in [1.82, 2.24) is 4.98 Å². The first-order valence-corrected chi connectivity index (χ1v) is 5.96. The van der Waals surface area contributed by atoms with Crippen LogP contribution in [0.25, 0.3) is 0 Å². The molecule has 1 aromatic heterocycles. The summed E-state index contributed by atoms with van der Waals surface area (Å²) in [5.74, 6) is -2.31. The number of carbonyl (C=O) groups excluding carboxylic acids is 1. The summed E-state index contributed by atoms with van der Waals surface area (Å²) in [4.78, 5) is 15.8. The van der Waals surface area contributed by atoms with Gasteiger partial charge in [0, 0.05) is 12.3 Å². The molecule has 0 aliphatic heterocycles. The molecule has 1 aromatic carbocycles. The number of nitrogens with zero attached hydrogens (tertiary/aromatic N) is 1. The van der Waals surface area contributed by atoms with E-state index in [4.69, 9.17) is 4.74 Å². The van der Waals surface area contributed by atoms with E-state index in [1.165, 1.54) is 30.5 Å². The van der Waals surface area contributed by atoms with E-state index in [-0.39, 0.29) is 11.3 Å². The van der Waals surface area contributed by atoms with Crippen LogP contribution in [0.4, 0.5) is 14.5 Å². The topological polar surface area (TPSA) is 51.2 Å². The summed E-state index contributed by atoms with van der Waals surface area (Å²) >= 11 is 0. The number of pyridine rings is 1. The fraction of sp³-hybridized carbons (Fsp3) is 0.143. The van der Waals surface area contributed by atoms with Crippen molar-refractivity contribution in [2.75, 3.05) is 11.9 Å². The molecule has 0 spiro atoms. The van der Waals surface area contributed by atoms with Crippen molar-refractivity contribution >= 4 is 11.6 Å². The maximum absolute atomic E-state index is 13.4. The Balaban J connectivity index is 2.13. The molecule has 0 saturated heterocycles. The first-order chi connectivity index (χ1) is 9.61. The molecule has 1 heterocycles. The molecule has 20 heavy (non-hydrogen) atoms. The highest BCUT2D eigenvalue weighted by atomic mass is 19.2. The number of rotatable bonds is 4. The Morgan fingerprint density at radius 2 is 2.10 bits per heavy atom. The molecule has 0 radical (unpaired) electrons. The van der Waals surface area contributed by atoms with Gasteiger partial charge in [0.2, 0.25) is 5.88 Å². The van der Waals surface area contributed by atoms with Crippen LogP contribution in [0.15, 0.2) is 36.5 Å². The number of carbonyl (C=O) groups is 1. The minimum atomic E-state index is -1.10. The lowest BCUT2D eigenvalue weighted by Gasteiger charge is -2.07. The molecular formula is C14H12F2N2O2. The normalized spacial score (nSPS) is 10.2. The van der Waals surface area contributed by atoms with Gasteiger partial charge in [-0.05, 0) is 25.1 Å². The molecule has 4 nitrogen and oxygen atoms in total. The summed E-state index contributed by atoms with van der Waals surface area (Å²) in [6.45, 7) is 2.28. The average Bonchev–Trinajstić information content (AvgIpc) is 2.45. The molecular weight excluding hydrogens is 266 g/mol. The number of benzene rings is 1.